The zero-order valence-corrected chi connectivity index (χ0v) is 17.8. The summed E-state index contributed by atoms with van der Waals surface area (Å²) >= 11 is 0. The van der Waals surface area contributed by atoms with E-state index < -0.39 is 0 Å². The number of carbonyl (C=O) groups is 1. The molecule has 2 heterocycles. The van der Waals surface area contributed by atoms with Crippen molar-refractivity contribution in [1.29, 1.82) is 0 Å². The molecule has 0 unspecified atom stereocenters. The Morgan fingerprint density at radius 2 is 1.72 bits per heavy atom. The van der Waals surface area contributed by atoms with Crippen LogP contribution in [0.3, 0.4) is 0 Å². The summed E-state index contributed by atoms with van der Waals surface area (Å²) in [5.41, 5.74) is 9.51. The first kappa shape index (κ1) is 21.8. The molecule has 4 rings (SSSR count). The molecule has 29 heavy (non-hydrogen) atoms. The van der Waals surface area contributed by atoms with Crippen LogP contribution >= 0.6 is 12.4 Å². The Balaban J connectivity index is 0.00000240. The fourth-order valence-corrected chi connectivity index (χ4v) is 4.75. The van der Waals surface area contributed by atoms with Crippen molar-refractivity contribution < 1.29 is 4.79 Å². The number of hydrogen-bond donors (Lipinski definition) is 1. The largest absolute Gasteiger partial charge is 0.339 e. The first-order valence-electron chi connectivity index (χ1n) is 10.6. The molecule has 0 bridgehead atoms. The van der Waals surface area contributed by atoms with Gasteiger partial charge in [0, 0.05) is 44.2 Å². The van der Waals surface area contributed by atoms with Gasteiger partial charge in [-0.25, -0.2) is 0 Å². The number of rotatable bonds is 5. The average Bonchev–Trinajstić information content (AvgIpc) is 3.17. The number of nitrogens with two attached hydrogens (primary N) is 1. The topological polar surface area (TPSA) is 49.6 Å². The van der Waals surface area contributed by atoms with Crippen LogP contribution in [0.25, 0.3) is 0 Å². The van der Waals surface area contributed by atoms with Gasteiger partial charge in [-0.15, -0.1) is 12.4 Å². The third kappa shape index (κ3) is 5.19. The molecular formula is C24H32ClN3O. The lowest BCUT2D eigenvalue weighted by molar-refractivity contribution is 0.0724. The van der Waals surface area contributed by atoms with Gasteiger partial charge in [0.15, 0.2) is 0 Å². The Morgan fingerprint density at radius 1 is 0.966 bits per heavy atom. The van der Waals surface area contributed by atoms with Crippen molar-refractivity contribution in [2.45, 2.75) is 31.7 Å². The molecule has 2 aromatic carbocycles. The molecule has 2 aromatic rings. The van der Waals surface area contributed by atoms with Crippen molar-refractivity contribution in [3.63, 3.8) is 0 Å². The molecule has 5 heteroatoms. The fraction of sp³-hybridized carbons (Fsp3) is 0.458. The van der Waals surface area contributed by atoms with Gasteiger partial charge in [0.2, 0.25) is 0 Å². The van der Waals surface area contributed by atoms with Crippen LogP contribution in [0.4, 0.5) is 0 Å². The zero-order chi connectivity index (χ0) is 19.3. The van der Waals surface area contributed by atoms with E-state index in [9.17, 15) is 4.79 Å². The predicted molar refractivity (Wildman–Crippen MR) is 120 cm³/mol. The van der Waals surface area contributed by atoms with Crippen molar-refractivity contribution in [2.75, 3.05) is 32.7 Å². The summed E-state index contributed by atoms with van der Waals surface area (Å²) in [5.74, 6) is 1.16. The van der Waals surface area contributed by atoms with Gasteiger partial charge in [-0.05, 0) is 55.0 Å². The highest BCUT2D eigenvalue weighted by Gasteiger charge is 2.32. The quantitative estimate of drug-likeness (QED) is 0.808. The highest BCUT2D eigenvalue weighted by molar-refractivity contribution is 5.94. The fourth-order valence-electron chi connectivity index (χ4n) is 4.75. The molecule has 0 spiro atoms. The minimum absolute atomic E-state index is 0. The van der Waals surface area contributed by atoms with Crippen LogP contribution in [0.5, 0.6) is 0 Å². The predicted octanol–water partition coefficient (Wildman–Crippen LogP) is 3.91. The third-order valence-corrected chi connectivity index (χ3v) is 6.27. The van der Waals surface area contributed by atoms with Gasteiger partial charge >= 0.3 is 0 Å². The Kier molecular flexibility index (Phi) is 7.70. The molecule has 0 aliphatic carbocycles. The van der Waals surface area contributed by atoms with Crippen LogP contribution in [0.2, 0.25) is 0 Å². The van der Waals surface area contributed by atoms with Crippen LogP contribution in [-0.4, -0.2) is 48.4 Å². The van der Waals surface area contributed by atoms with Crippen LogP contribution in [0.1, 0.15) is 46.7 Å². The van der Waals surface area contributed by atoms with E-state index in [-0.39, 0.29) is 18.3 Å². The molecule has 0 radical (unpaired) electrons. The van der Waals surface area contributed by atoms with Crippen molar-refractivity contribution in [3.05, 3.63) is 71.3 Å². The molecule has 2 aliphatic heterocycles. The van der Waals surface area contributed by atoms with E-state index in [0.717, 1.165) is 51.1 Å². The Morgan fingerprint density at radius 3 is 2.45 bits per heavy atom. The van der Waals surface area contributed by atoms with E-state index in [1.807, 2.05) is 17.0 Å². The summed E-state index contributed by atoms with van der Waals surface area (Å²) < 4.78 is 0. The van der Waals surface area contributed by atoms with Crippen LogP contribution in [0, 0.1) is 5.92 Å². The molecule has 156 valence electrons. The second-order valence-corrected chi connectivity index (χ2v) is 8.26. The number of likely N-dealkylation sites (tertiary alicyclic amines) is 2. The van der Waals surface area contributed by atoms with Crippen molar-refractivity contribution in [3.8, 4) is 0 Å². The van der Waals surface area contributed by atoms with Crippen molar-refractivity contribution in [1.82, 2.24) is 9.80 Å². The van der Waals surface area contributed by atoms with Crippen molar-refractivity contribution >= 4 is 18.3 Å². The van der Waals surface area contributed by atoms with Crippen LogP contribution in [-0.2, 0) is 6.54 Å². The molecule has 1 amide bonds. The Bertz CT molecular complexity index is 792. The number of benzene rings is 2. The Hall–Kier alpha value is -1.88. The van der Waals surface area contributed by atoms with E-state index in [0.29, 0.717) is 18.4 Å². The second-order valence-electron chi connectivity index (χ2n) is 8.26. The number of carbonyl (C=O) groups excluding carboxylic acids is 1. The summed E-state index contributed by atoms with van der Waals surface area (Å²) in [5, 5.41) is 0. The molecule has 0 aromatic heterocycles. The summed E-state index contributed by atoms with van der Waals surface area (Å²) in [7, 11) is 0. The maximum Gasteiger partial charge on any atom is 0.253 e. The van der Waals surface area contributed by atoms with Gasteiger partial charge in [0.05, 0.1) is 0 Å². The third-order valence-electron chi connectivity index (χ3n) is 6.27. The summed E-state index contributed by atoms with van der Waals surface area (Å²) in [4.78, 5) is 17.3. The monoisotopic (exact) mass is 413 g/mol. The van der Waals surface area contributed by atoms with E-state index in [2.05, 4.69) is 47.4 Å². The lowest BCUT2D eigenvalue weighted by Crippen LogP contribution is -2.35. The second kappa shape index (κ2) is 10.2. The lowest BCUT2D eigenvalue weighted by Gasteiger charge is -2.27. The van der Waals surface area contributed by atoms with E-state index in [1.165, 1.54) is 17.5 Å². The molecule has 2 N–H and O–H groups in total. The molecule has 2 atom stereocenters. The number of nitrogens with zero attached hydrogens (tertiary/aromatic N) is 2. The number of amides is 1. The average molecular weight is 414 g/mol. The van der Waals surface area contributed by atoms with Gasteiger partial charge < -0.3 is 10.6 Å². The molecule has 4 nitrogen and oxygen atoms in total. The number of halogens is 1. The maximum absolute atomic E-state index is 12.8. The van der Waals surface area contributed by atoms with E-state index in [4.69, 9.17) is 5.73 Å². The Labute approximate surface area is 180 Å². The summed E-state index contributed by atoms with van der Waals surface area (Å²) in [6.07, 6.45) is 3.49. The van der Waals surface area contributed by atoms with Gasteiger partial charge in [-0.3, -0.25) is 9.69 Å². The van der Waals surface area contributed by atoms with Crippen LogP contribution < -0.4 is 5.73 Å². The minimum atomic E-state index is 0. The van der Waals surface area contributed by atoms with Gasteiger partial charge in [0.25, 0.3) is 5.91 Å². The lowest BCUT2D eigenvalue weighted by atomic mass is 9.89. The number of hydrogen-bond acceptors (Lipinski definition) is 3. The summed E-state index contributed by atoms with van der Waals surface area (Å²) in [6, 6.07) is 18.9. The maximum atomic E-state index is 12.8. The van der Waals surface area contributed by atoms with Gasteiger partial charge in [-0.2, -0.15) is 0 Å². The highest BCUT2D eigenvalue weighted by Crippen LogP contribution is 2.32. The first-order valence-corrected chi connectivity index (χ1v) is 10.6. The zero-order valence-electron chi connectivity index (χ0n) is 17.0. The first-order chi connectivity index (χ1) is 13.7. The minimum Gasteiger partial charge on any atom is -0.339 e. The van der Waals surface area contributed by atoms with Gasteiger partial charge in [-0.1, -0.05) is 42.5 Å². The molecule has 2 saturated heterocycles. The molecule has 2 fully saturated rings. The molecular weight excluding hydrogens is 382 g/mol. The normalized spacial score (nSPS) is 22.3. The highest BCUT2D eigenvalue weighted by atomic mass is 35.5. The van der Waals surface area contributed by atoms with Crippen LogP contribution in [0.15, 0.2) is 54.6 Å². The SMILES string of the molecule is Cl.NC[C@@H]1CN(Cc2cccc(C(=O)N3CCCCC3)c2)C[C@H]1c1ccccc1. The van der Waals surface area contributed by atoms with E-state index in [1.54, 1.807) is 0 Å². The van der Waals surface area contributed by atoms with E-state index >= 15 is 0 Å². The standard InChI is InChI=1S/C24H31N3O.ClH/c25-15-22-17-26(18-23(22)20-9-3-1-4-10-20)16-19-8-7-11-21(14-19)24(28)27-12-5-2-6-13-27;/h1,3-4,7-11,14,22-23H,2,5-6,12-13,15-18,25H2;1H/t22-,23+;/m1./s1. The molecule has 0 saturated carbocycles. The molecule has 2 aliphatic rings. The smallest absolute Gasteiger partial charge is 0.253 e. The van der Waals surface area contributed by atoms with Gasteiger partial charge in [0.1, 0.15) is 0 Å². The van der Waals surface area contributed by atoms with Crippen molar-refractivity contribution in [2.24, 2.45) is 11.7 Å². The summed E-state index contributed by atoms with van der Waals surface area (Å²) in [6.45, 7) is 5.42. The number of piperidine rings is 1.